The van der Waals surface area contributed by atoms with Crippen molar-refractivity contribution in [3.8, 4) is 0 Å². The van der Waals surface area contributed by atoms with Crippen LogP contribution in [-0.2, 0) is 9.47 Å². The molecule has 0 spiro atoms. The van der Waals surface area contributed by atoms with Gasteiger partial charge in [-0.25, -0.2) is 4.79 Å². The van der Waals surface area contributed by atoms with Crippen molar-refractivity contribution < 1.29 is 14.3 Å². The number of unbranched alkanes of at least 4 members (excludes halogenated alkanes) is 1. The molecule has 0 saturated heterocycles. The molecule has 5 heteroatoms. The van der Waals surface area contributed by atoms with E-state index in [0.717, 1.165) is 17.3 Å². The molecule has 1 aromatic carbocycles. The van der Waals surface area contributed by atoms with Crippen LogP contribution in [0.3, 0.4) is 0 Å². The second kappa shape index (κ2) is 8.11. The fraction of sp³-hybridized carbons (Fsp3) is 0.462. The molecule has 2 N–H and O–H groups in total. The predicted octanol–water partition coefficient (Wildman–Crippen LogP) is 3.00. The van der Waals surface area contributed by atoms with E-state index in [-0.39, 0.29) is 12.6 Å². The minimum absolute atomic E-state index is 0.259. The average Bonchev–Trinajstić information content (AvgIpc) is 2.32. The van der Waals surface area contributed by atoms with Crippen molar-refractivity contribution in [2.24, 2.45) is 0 Å². The average molecular weight is 316 g/mol. The summed E-state index contributed by atoms with van der Waals surface area (Å²) in [5, 5.41) is 0. The zero-order chi connectivity index (χ0) is 13.4. The summed E-state index contributed by atoms with van der Waals surface area (Å²) in [6.45, 7) is 3.49. The summed E-state index contributed by atoms with van der Waals surface area (Å²) in [7, 11) is 0. The molecule has 0 aliphatic heterocycles. The lowest BCUT2D eigenvalue weighted by molar-refractivity contribution is 0.0314. The van der Waals surface area contributed by atoms with Gasteiger partial charge in [-0.2, -0.15) is 0 Å². The molecule has 18 heavy (non-hydrogen) atoms. The maximum atomic E-state index is 11.7. The van der Waals surface area contributed by atoms with Crippen LogP contribution >= 0.6 is 15.9 Å². The van der Waals surface area contributed by atoms with Crippen molar-refractivity contribution in [3.05, 3.63) is 28.2 Å². The first-order valence-electron chi connectivity index (χ1n) is 5.94. The Morgan fingerprint density at radius 1 is 1.28 bits per heavy atom. The summed E-state index contributed by atoms with van der Waals surface area (Å²) >= 11 is 3.28. The molecule has 0 radical (unpaired) electrons. The molecule has 1 aromatic rings. The van der Waals surface area contributed by atoms with Gasteiger partial charge in [-0.05, 0) is 24.6 Å². The Kier molecular flexibility index (Phi) is 6.75. The summed E-state index contributed by atoms with van der Waals surface area (Å²) in [5.41, 5.74) is 6.61. The highest BCUT2D eigenvalue weighted by Gasteiger charge is 2.08. The number of anilines is 1. The van der Waals surface area contributed by atoms with E-state index in [1.54, 1.807) is 18.2 Å². The van der Waals surface area contributed by atoms with Crippen molar-refractivity contribution in [1.29, 1.82) is 0 Å². The Morgan fingerprint density at radius 3 is 2.72 bits per heavy atom. The number of benzene rings is 1. The van der Waals surface area contributed by atoms with E-state index in [9.17, 15) is 4.79 Å². The van der Waals surface area contributed by atoms with E-state index in [4.69, 9.17) is 15.2 Å². The summed E-state index contributed by atoms with van der Waals surface area (Å²) in [6.07, 6.45) is 2.12. The van der Waals surface area contributed by atoms with Gasteiger partial charge < -0.3 is 15.2 Å². The zero-order valence-corrected chi connectivity index (χ0v) is 12.0. The normalized spacial score (nSPS) is 10.3. The van der Waals surface area contributed by atoms with Crippen molar-refractivity contribution >= 4 is 27.6 Å². The minimum Gasteiger partial charge on any atom is -0.460 e. The first-order valence-corrected chi connectivity index (χ1v) is 6.73. The number of carbonyl (C=O) groups excluding carboxylic acids is 1. The van der Waals surface area contributed by atoms with Crippen LogP contribution < -0.4 is 5.73 Å². The smallest absolute Gasteiger partial charge is 0.338 e. The Morgan fingerprint density at radius 2 is 2.06 bits per heavy atom. The van der Waals surface area contributed by atoms with Crippen LogP contribution in [0.25, 0.3) is 0 Å². The van der Waals surface area contributed by atoms with E-state index in [2.05, 4.69) is 22.9 Å². The molecule has 1 rings (SSSR count). The number of carbonyl (C=O) groups is 1. The van der Waals surface area contributed by atoms with Gasteiger partial charge in [0.1, 0.15) is 6.61 Å². The van der Waals surface area contributed by atoms with Gasteiger partial charge in [-0.15, -0.1) is 0 Å². The number of esters is 1. The highest BCUT2D eigenvalue weighted by Crippen LogP contribution is 2.17. The van der Waals surface area contributed by atoms with Crippen molar-refractivity contribution in [2.45, 2.75) is 19.8 Å². The number of halogens is 1. The second-order valence-corrected chi connectivity index (χ2v) is 4.79. The Hall–Kier alpha value is -1.07. The second-order valence-electron chi connectivity index (χ2n) is 3.88. The van der Waals surface area contributed by atoms with E-state index in [1.165, 1.54) is 0 Å². The molecule has 0 atom stereocenters. The third-order valence-corrected chi connectivity index (χ3v) is 2.72. The third kappa shape index (κ3) is 5.51. The van der Waals surface area contributed by atoms with Crippen molar-refractivity contribution in [2.75, 3.05) is 25.6 Å². The first kappa shape index (κ1) is 15.0. The van der Waals surface area contributed by atoms with Gasteiger partial charge in [0.25, 0.3) is 0 Å². The number of rotatable bonds is 7. The number of nitrogen functional groups attached to an aromatic ring is 1. The number of nitrogens with two attached hydrogens (primary N) is 1. The quantitative estimate of drug-likeness (QED) is 0.477. The van der Waals surface area contributed by atoms with Crippen LogP contribution in [0.2, 0.25) is 0 Å². The number of ether oxygens (including phenoxy) is 2. The molecule has 0 aliphatic rings. The van der Waals surface area contributed by atoms with E-state index in [0.29, 0.717) is 24.5 Å². The van der Waals surface area contributed by atoms with E-state index in [1.807, 2.05) is 0 Å². The summed E-state index contributed by atoms with van der Waals surface area (Å²) in [4.78, 5) is 11.7. The molecular formula is C13H18BrNO3. The van der Waals surface area contributed by atoms with Crippen LogP contribution in [-0.4, -0.2) is 25.8 Å². The van der Waals surface area contributed by atoms with Crippen LogP contribution in [0.5, 0.6) is 0 Å². The summed E-state index contributed by atoms with van der Waals surface area (Å²) in [5.74, 6) is -0.387. The molecule has 0 bridgehead atoms. The monoisotopic (exact) mass is 315 g/mol. The molecule has 0 unspecified atom stereocenters. The molecule has 0 heterocycles. The fourth-order valence-corrected chi connectivity index (χ4v) is 1.87. The van der Waals surface area contributed by atoms with Crippen LogP contribution in [0, 0.1) is 0 Å². The van der Waals surface area contributed by atoms with E-state index >= 15 is 0 Å². The van der Waals surface area contributed by atoms with Gasteiger partial charge in [-0.1, -0.05) is 29.3 Å². The lowest BCUT2D eigenvalue weighted by Crippen LogP contribution is -2.11. The molecule has 0 saturated carbocycles. The van der Waals surface area contributed by atoms with Crippen LogP contribution in [0.15, 0.2) is 22.7 Å². The third-order valence-electron chi connectivity index (χ3n) is 2.26. The summed E-state index contributed by atoms with van der Waals surface area (Å²) < 4.78 is 11.1. The maximum Gasteiger partial charge on any atom is 0.338 e. The predicted molar refractivity (Wildman–Crippen MR) is 74.6 cm³/mol. The van der Waals surface area contributed by atoms with Gasteiger partial charge in [0.15, 0.2) is 0 Å². The van der Waals surface area contributed by atoms with Gasteiger partial charge in [-0.3, -0.25) is 0 Å². The highest BCUT2D eigenvalue weighted by atomic mass is 79.9. The topological polar surface area (TPSA) is 61.5 Å². The van der Waals surface area contributed by atoms with Gasteiger partial charge >= 0.3 is 5.97 Å². The molecule has 0 amide bonds. The van der Waals surface area contributed by atoms with Crippen molar-refractivity contribution in [3.63, 3.8) is 0 Å². The fourth-order valence-electron chi connectivity index (χ4n) is 1.36. The highest BCUT2D eigenvalue weighted by molar-refractivity contribution is 9.10. The molecule has 4 nitrogen and oxygen atoms in total. The summed E-state index contributed by atoms with van der Waals surface area (Å²) in [6, 6.07) is 4.99. The molecular weight excluding hydrogens is 298 g/mol. The number of hydrogen-bond acceptors (Lipinski definition) is 4. The minimum atomic E-state index is -0.387. The lowest BCUT2D eigenvalue weighted by atomic mass is 10.2. The Bertz CT molecular complexity index is 376. The largest absolute Gasteiger partial charge is 0.460 e. The zero-order valence-electron chi connectivity index (χ0n) is 10.4. The SMILES string of the molecule is CCCCOCCOC(=O)c1cc(N)cc(Br)c1. The van der Waals surface area contributed by atoms with Crippen LogP contribution in [0.4, 0.5) is 5.69 Å². The van der Waals surface area contributed by atoms with Gasteiger partial charge in [0.2, 0.25) is 0 Å². The first-order chi connectivity index (χ1) is 8.63. The van der Waals surface area contributed by atoms with Crippen LogP contribution in [0.1, 0.15) is 30.1 Å². The molecule has 100 valence electrons. The van der Waals surface area contributed by atoms with E-state index < -0.39 is 0 Å². The molecule has 0 aliphatic carbocycles. The maximum absolute atomic E-state index is 11.7. The van der Waals surface area contributed by atoms with Gasteiger partial charge in [0.05, 0.1) is 12.2 Å². The Labute approximate surface area is 116 Å². The van der Waals surface area contributed by atoms with Crippen molar-refractivity contribution in [1.82, 2.24) is 0 Å². The lowest BCUT2D eigenvalue weighted by Gasteiger charge is -2.06. The Balaban J connectivity index is 2.32. The number of hydrogen-bond donors (Lipinski definition) is 1. The van der Waals surface area contributed by atoms with Gasteiger partial charge in [0, 0.05) is 16.8 Å². The molecule has 0 fully saturated rings. The standard InChI is InChI=1S/C13H18BrNO3/c1-2-3-4-17-5-6-18-13(16)10-7-11(14)9-12(15)8-10/h7-9H,2-6,15H2,1H3. The molecule has 0 aromatic heterocycles.